The second-order valence-corrected chi connectivity index (χ2v) is 25.3. The first-order valence-electron chi connectivity index (χ1n) is 26.6. The van der Waals surface area contributed by atoms with Crippen LogP contribution in [0.4, 0.5) is 17.1 Å². The average Bonchev–Trinajstić information content (AvgIpc) is 3.56. The smallest absolute Gasteiger partial charge is 0.193 e. The van der Waals surface area contributed by atoms with E-state index in [-0.39, 0.29) is 27.1 Å². The highest BCUT2D eigenvalue weighted by Gasteiger charge is 2.46. The predicted molar refractivity (Wildman–Crippen MR) is 298 cm³/mol. The topological polar surface area (TPSA) is 15.3 Å². The van der Waals surface area contributed by atoms with Crippen molar-refractivity contribution in [1.29, 1.82) is 0 Å². The Morgan fingerprint density at radius 2 is 1.26 bits per heavy atom. The largest absolute Gasteiger partial charge is 0.358 e. The van der Waals surface area contributed by atoms with Crippen LogP contribution in [-0.2, 0) is 21.7 Å². The molecular formula is C66H73BN2. The van der Waals surface area contributed by atoms with Gasteiger partial charge in [0.2, 0.25) is 0 Å². The lowest BCUT2D eigenvalue weighted by molar-refractivity contribution is 0.332. The van der Waals surface area contributed by atoms with E-state index in [0.29, 0.717) is 0 Å². The molecule has 0 saturated heterocycles. The molecule has 0 saturated carbocycles. The SMILES string of the molecule is Cc1cc2c(cc1N1C3=C(Bc4c1cc1ccccc1c4C1=C(Nc4ccc5c(c4)C(C)(C)CCC5(C)C)CCC4=C1C(C)(C)C1=C4CCC=C1)CCC(c1ccccc1)=C3)C(C)(C)CCC2(C)C. The molecule has 2 nitrogen and oxygen atoms in total. The Kier molecular flexibility index (Phi) is 10.0. The van der Waals surface area contributed by atoms with Gasteiger partial charge in [0, 0.05) is 39.4 Å². The highest BCUT2D eigenvalue weighted by molar-refractivity contribution is 6.66. The summed E-state index contributed by atoms with van der Waals surface area (Å²) in [5.74, 6) is 0. The van der Waals surface area contributed by atoms with E-state index < -0.39 is 0 Å². The Morgan fingerprint density at radius 1 is 0.594 bits per heavy atom. The Morgan fingerprint density at radius 3 is 2.00 bits per heavy atom. The minimum absolute atomic E-state index is 0.0852. The van der Waals surface area contributed by atoms with Crippen LogP contribution in [0.25, 0.3) is 21.9 Å². The van der Waals surface area contributed by atoms with Crippen LogP contribution < -0.4 is 15.7 Å². The number of anilines is 3. The Bertz CT molecular complexity index is 3240. The van der Waals surface area contributed by atoms with Crippen LogP contribution in [0.5, 0.6) is 0 Å². The number of aryl methyl sites for hydroxylation is 1. The van der Waals surface area contributed by atoms with Crippen molar-refractivity contribution in [3.8, 4) is 0 Å². The molecule has 0 atom stereocenters. The Hall–Kier alpha value is -5.54. The summed E-state index contributed by atoms with van der Waals surface area (Å²) in [6, 6.07) is 35.8. The average molecular weight is 905 g/mol. The first-order chi connectivity index (χ1) is 32.8. The number of benzene rings is 5. The second kappa shape index (κ2) is 15.5. The van der Waals surface area contributed by atoms with Gasteiger partial charge < -0.3 is 10.2 Å². The summed E-state index contributed by atoms with van der Waals surface area (Å²) in [5, 5.41) is 6.99. The zero-order chi connectivity index (χ0) is 48.0. The van der Waals surface area contributed by atoms with Gasteiger partial charge in [-0.05, 0) is 206 Å². The zero-order valence-corrected chi connectivity index (χ0v) is 43.6. The van der Waals surface area contributed by atoms with E-state index in [1.54, 1.807) is 22.2 Å². The summed E-state index contributed by atoms with van der Waals surface area (Å²) < 4.78 is 0. The summed E-state index contributed by atoms with van der Waals surface area (Å²) >= 11 is 0. The number of hydrogen-bond acceptors (Lipinski definition) is 2. The van der Waals surface area contributed by atoms with Gasteiger partial charge in [-0.3, -0.25) is 0 Å². The molecule has 69 heavy (non-hydrogen) atoms. The van der Waals surface area contributed by atoms with E-state index in [9.17, 15) is 0 Å². The van der Waals surface area contributed by atoms with E-state index in [0.717, 1.165) is 45.8 Å². The fourth-order valence-electron chi connectivity index (χ4n) is 14.4. The maximum atomic E-state index is 4.30. The third kappa shape index (κ3) is 6.94. The highest BCUT2D eigenvalue weighted by atomic mass is 15.2. The molecule has 7 aliphatic rings. The molecule has 12 rings (SSSR count). The fraction of sp³-hybridized carbons (Fsp3) is 0.394. The summed E-state index contributed by atoms with van der Waals surface area (Å²) in [6.45, 7) is 27.2. The van der Waals surface area contributed by atoms with Crippen LogP contribution in [-0.4, -0.2) is 7.28 Å². The van der Waals surface area contributed by atoms with Gasteiger partial charge >= 0.3 is 0 Å². The third-order valence-corrected chi connectivity index (χ3v) is 18.6. The van der Waals surface area contributed by atoms with Crippen molar-refractivity contribution in [2.24, 2.45) is 5.41 Å². The van der Waals surface area contributed by atoms with Gasteiger partial charge in [-0.15, -0.1) is 0 Å². The quantitative estimate of drug-likeness (QED) is 0.177. The maximum Gasteiger partial charge on any atom is 0.193 e. The number of nitrogens with one attached hydrogen (secondary N) is 1. The minimum Gasteiger partial charge on any atom is -0.358 e. The van der Waals surface area contributed by atoms with Crippen LogP contribution in [0.3, 0.4) is 0 Å². The van der Waals surface area contributed by atoms with Crippen molar-refractivity contribution < 1.29 is 0 Å². The lowest BCUT2D eigenvalue weighted by atomic mass is 9.54. The summed E-state index contributed by atoms with van der Waals surface area (Å²) in [6.07, 6.45) is 18.8. The summed E-state index contributed by atoms with van der Waals surface area (Å²) in [7, 11) is 0.942. The van der Waals surface area contributed by atoms with Gasteiger partial charge in [0.15, 0.2) is 7.28 Å². The molecule has 0 spiro atoms. The van der Waals surface area contributed by atoms with Gasteiger partial charge in [-0.2, -0.15) is 0 Å². The molecule has 1 aliphatic heterocycles. The van der Waals surface area contributed by atoms with Gasteiger partial charge in [0.25, 0.3) is 0 Å². The van der Waals surface area contributed by atoms with E-state index in [1.165, 1.54) is 126 Å². The van der Waals surface area contributed by atoms with Crippen molar-refractivity contribution in [1.82, 2.24) is 0 Å². The van der Waals surface area contributed by atoms with Gasteiger partial charge in [0.1, 0.15) is 0 Å². The van der Waals surface area contributed by atoms with E-state index >= 15 is 0 Å². The minimum atomic E-state index is -0.139. The molecule has 1 N–H and O–H groups in total. The van der Waals surface area contributed by atoms with Crippen LogP contribution in [0.15, 0.2) is 148 Å². The van der Waals surface area contributed by atoms with E-state index in [1.807, 2.05) is 0 Å². The molecular weight excluding hydrogens is 832 g/mol. The standard InChI is InChI=1S/C66H73BN2/c1-40-35-50-52(65(8,9)34-33-63(50,4)5)39-55(40)69-56-36-42(41-19-13-12-14-20-41)25-29-53(56)67-61-57(69)37-43-21-15-16-22-45(43)58(61)59-54(30-27-47-46-23-17-18-24-48(46)66(10,11)60(47)59)68-44-26-28-49-51(38-44)64(6,7)32-31-62(49,2)3/h12-16,18-22,24,26,28,35-39,67-68H,17,23,25,27,29-34H2,1-11H3. The Balaban J connectivity index is 1.14. The fourth-order valence-corrected chi connectivity index (χ4v) is 14.4. The van der Waals surface area contributed by atoms with E-state index in [2.05, 4.69) is 196 Å². The lowest BCUT2D eigenvalue weighted by Gasteiger charge is -2.44. The maximum absolute atomic E-state index is 4.30. The van der Waals surface area contributed by atoms with Gasteiger partial charge in [-0.1, -0.05) is 154 Å². The summed E-state index contributed by atoms with van der Waals surface area (Å²) in [5.41, 5.74) is 29.5. The van der Waals surface area contributed by atoms with Crippen molar-refractivity contribution in [2.75, 3.05) is 10.2 Å². The molecule has 0 fully saturated rings. The van der Waals surface area contributed by atoms with Crippen LogP contribution >= 0.6 is 0 Å². The number of allylic oxidation sites excluding steroid dienone is 11. The van der Waals surface area contributed by atoms with E-state index in [4.69, 9.17) is 0 Å². The third-order valence-electron chi connectivity index (χ3n) is 18.6. The molecule has 0 bridgehead atoms. The van der Waals surface area contributed by atoms with Crippen LogP contribution in [0, 0.1) is 12.3 Å². The van der Waals surface area contributed by atoms with Crippen molar-refractivity contribution in [3.05, 3.63) is 187 Å². The monoisotopic (exact) mass is 905 g/mol. The molecule has 0 aromatic heterocycles. The molecule has 0 amide bonds. The zero-order valence-electron chi connectivity index (χ0n) is 43.6. The molecule has 350 valence electrons. The van der Waals surface area contributed by atoms with Gasteiger partial charge in [0.05, 0.1) is 0 Å². The van der Waals surface area contributed by atoms with Gasteiger partial charge in [-0.25, -0.2) is 0 Å². The van der Waals surface area contributed by atoms with Crippen molar-refractivity contribution in [3.63, 3.8) is 0 Å². The molecule has 0 radical (unpaired) electrons. The first kappa shape index (κ1) is 44.7. The Labute approximate surface area is 414 Å². The molecule has 5 aromatic rings. The molecule has 1 heterocycles. The van der Waals surface area contributed by atoms with Crippen LogP contribution in [0.1, 0.15) is 172 Å². The second-order valence-electron chi connectivity index (χ2n) is 25.3. The van der Waals surface area contributed by atoms with Crippen molar-refractivity contribution in [2.45, 2.75) is 162 Å². The molecule has 0 unspecified atom stereocenters. The number of fused-ring (bicyclic) bond motifs is 5. The molecule has 5 aromatic carbocycles. The normalized spacial score (nSPS) is 22.3. The first-order valence-corrected chi connectivity index (χ1v) is 26.6. The highest BCUT2D eigenvalue weighted by Crippen LogP contribution is 2.60. The molecule has 6 aliphatic carbocycles. The van der Waals surface area contributed by atoms with Crippen LogP contribution in [0.2, 0.25) is 0 Å². The molecule has 3 heteroatoms. The lowest BCUT2D eigenvalue weighted by Crippen LogP contribution is -2.39. The number of hydrogen-bond donors (Lipinski definition) is 1. The summed E-state index contributed by atoms with van der Waals surface area (Å²) in [4.78, 5) is 2.75. The number of rotatable bonds is 5. The van der Waals surface area contributed by atoms with Crippen molar-refractivity contribution >= 4 is 51.7 Å². The number of nitrogens with zero attached hydrogens (tertiary/aromatic N) is 1. The predicted octanol–water partition coefficient (Wildman–Crippen LogP) is 16.7.